The van der Waals surface area contributed by atoms with Gasteiger partial charge in [0.05, 0.1) is 6.61 Å². The lowest BCUT2D eigenvalue weighted by Crippen LogP contribution is -2.06. The van der Waals surface area contributed by atoms with E-state index in [0.717, 1.165) is 31.3 Å². The first-order valence-electron chi connectivity index (χ1n) is 6.47. The second kappa shape index (κ2) is 6.26. The minimum absolute atomic E-state index is 0.0559. The van der Waals surface area contributed by atoms with Gasteiger partial charge in [0.15, 0.2) is 5.78 Å². The summed E-state index contributed by atoms with van der Waals surface area (Å²) in [5.41, 5.74) is 2.64. The molecule has 1 heterocycles. The molecule has 108 valence electrons. The van der Waals surface area contributed by atoms with E-state index in [9.17, 15) is 4.79 Å². The van der Waals surface area contributed by atoms with E-state index < -0.39 is 0 Å². The Kier molecular flexibility index (Phi) is 4.57. The number of carbonyl (C=O) groups excluding carboxylic acids is 1. The molecule has 0 atom stereocenters. The van der Waals surface area contributed by atoms with Crippen LogP contribution < -0.4 is 4.74 Å². The van der Waals surface area contributed by atoms with Crippen molar-refractivity contribution in [3.8, 4) is 5.75 Å². The van der Waals surface area contributed by atoms with Crippen LogP contribution in [0.4, 0.5) is 0 Å². The maximum Gasteiger partial charge on any atom is 0.168 e. The molecule has 0 spiro atoms. The van der Waals surface area contributed by atoms with Crippen molar-refractivity contribution in [2.24, 2.45) is 0 Å². The molecular weight excluding hydrogens is 466 g/mol. The summed E-state index contributed by atoms with van der Waals surface area (Å²) in [6.45, 7) is 0.657. The first-order chi connectivity index (χ1) is 10.0. The molecule has 3 rings (SSSR count). The van der Waals surface area contributed by atoms with Gasteiger partial charge in [0.1, 0.15) is 5.75 Å². The summed E-state index contributed by atoms with van der Waals surface area (Å²) in [5, 5.41) is 0.656. The number of ketones is 1. The van der Waals surface area contributed by atoms with Gasteiger partial charge in [0.25, 0.3) is 0 Å². The van der Waals surface area contributed by atoms with Crippen LogP contribution in [-0.2, 0) is 12.8 Å². The zero-order valence-electron chi connectivity index (χ0n) is 11.0. The second-order valence-electron chi connectivity index (χ2n) is 4.88. The zero-order chi connectivity index (χ0) is 15.0. The smallest absolute Gasteiger partial charge is 0.168 e. The highest BCUT2D eigenvalue weighted by molar-refractivity contribution is 14.1. The first kappa shape index (κ1) is 15.3. The van der Waals surface area contributed by atoms with Gasteiger partial charge in [-0.15, -0.1) is 0 Å². The van der Waals surface area contributed by atoms with E-state index in [-0.39, 0.29) is 5.78 Å². The summed E-state index contributed by atoms with van der Waals surface area (Å²) < 4.78 is 7.50. The van der Waals surface area contributed by atoms with Crippen LogP contribution >= 0.6 is 50.1 Å². The number of hydrogen-bond donors (Lipinski definition) is 0. The van der Waals surface area contributed by atoms with Crippen LogP contribution in [0.2, 0.25) is 5.02 Å². The SMILES string of the molecule is O=C(Cc1cc(Cl)cc2c1OCC2)c1cc(I)ccc1Br. The molecule has 21 heavy (non-hydrogen) atoms. The van der Waals surface area contributed by atoms with Crippen LogP contribution in [0.15, 0.2) is 34.8 Å². The Morgan fingerprint density at radius 1 is 1.33 bits per heavy atom. The van der Waals surface area contributed by atoms with Gasteiger partial charge in [-0.1, -0.05) is 27.5 Å². The normalized spacial score (nSPS) is 12.9. The quantitative estimate of drug-likeness (QED) is 0.456. The number of hydrogen-bond acceptors (Lipinski definition) is 2. The molecule has 0 fully saturated rings. The number of benzene rings is 2. The average Bonchev–Trinajstić information content (AvgIpc) is 2.89. The molecule has 0 radical (unpaired) electrons. The maximum absolute atomic E-state index is 12.6. The Morgan fingerprint density at radius 2 is 2.14 bits per heavy atom. The van der Waals surface area contributed by atoms with Crippen molar-refractivity contribution >= 4 is 55.9 Å². The molecule has 2 aromatic rings. The van der Waals surface area contributed by atoms with Gasteiger partial charge >= 0.3 is 0 Å². The molecule has 2 nitrogen and oxygen atoms in total. The van der Waals surface area contributed by atoms with Crippen LogP contribution in [-0.4, -0.2) is 12.4 Å². The van der Waals surface area contributed by atoms with E-state index in [0.29, 0.717) is 23.6 Å². The van der Waals surface area contributed by atoms with E-state index in [4.69, 9.17) is 16.3 Å². The predicted molar refractivity (Wildman–Crippen MR) is 95.5 cm³/mol. The molecule has 0 aliphatic carbocycles. The molecule has 0 saturated carbocycles. The zero-order valence-corrected chi connectivity index (χ0v) is 15.5. The Bertz CT molecular complexity index is 730. The largest absolute Gasteiger partial charge is 0.493 e. The van der Waals surface area contributed by atoms with Crippen LogP contribution in [0.5, 0.6) is 5.75 Å². The lowest BCUT2D eigenvalue weighted by Gasteiger charge is -2.09. The third-order valence-corrected chi connectivity index (χ3v) is 4.99. The monoisotopic (exact) mass is 476 g/mol. The minimum Gasteiger partial charge on any atom is -0.493 e. The van der Waals surface area contributed by atoms with E-state index in [1.54, 1.807) is 0 Å². The molecule has 2 aromatic carbocycles. The molecular formula is C16H11BrClIO2. The summed E-state index contributed by atoms with van der Waals surface area (Å²) in [4.78, 5) is 12.6. The fourth-order valence-electron chi connectivity index (χ4n) is 2.46. The fraction of sp³-hybridized carbons (Fsp3) is 0.188. The standard InChI is InChI=1S/C16H11BrClIO2/c17-14-2-1-12(19)8-13(14)15(20)7-10-6-11(18)5-9-3-4-21-16(9)10/h1-2,5-6,8H,3-4,7H2. The van der Waals surface area contributed by atoms with Gasteiger partial charge in [0, 0.05) is 37.0 Å². The summed E-state index contributed by atoms with van der Waals surface area (Å²) in [6, 6.07) is 9.48. The van der Waals surface area contributed by atoms with Gasteiger partial charge in [-0.05, 0) is 58.5 Å². The number of rotatable bonds is 3. The van der Waals surface area contributed by atoms with Crippen molar-refractivity contribution in [3.63, 3.8) is 0 Å². The molecule has 0 amide bonds. The Hall–Kier alpha value is -0.590. The van der Waals surface area contributed by atoms with Gasteiger partial charge < -0.3 is 4.74 Å². The summed E-state index contributed by atoms with van der Waals surface area (Å²) in [5.74, 6) is 0.884. The van der Waals surface area contributed by atoms with Crippen molar-refractivity contribution in [1.82, 2.24) is 0 Å². The summed E-state index contributed by atoms with van der Waals surface area (Å²) >= 11 is 11.8. The van der Waals surface area contributed by atoms with Crippen molar-refractivity contribution in [1.29, 1.82) is 0 Å². The minimum atomic E-state index is 0.0559. The fourth-order valence-corrected chi connectivity index (χ4v) is 3.68. The molecule has 0 saturated heterocycles. The highest BCUT2D eigenvalue weighted by Gasteiger charge is 2.20. The van der Waals surface area contributed by atoms with Crippen LogP contribution in [0.25, 0.3) is 0 Å². The molecule has 0 aromatic heterocycles. The lowest BCUT2D eigenvalue weighted by atomic mass is 10.00. The Labute approximate surface area is 150 Å². The average molecular weight is 478 g/mol. The third kappa shape index (κ3) is 3.27. The Balaban J connectivity index is 1.94. The molecule has 1 aliphatic rings. The van der Waals surface area contributed by atoms with Gasteiger partial charge in [-0.3, -0.25) is 4.79 Å². The molecule has 1 aliphatic heterocycles. The van der Waals surface area contributed by atoms with Crippen LogP contribution in [0, 0.1) is 3.57 Å². The maximum atomic E-state index is 12.6. The molecule has 0 N–H and O–H groups in total. The number of halogens is 3. The summed E-state index contributed by atoms with van der Waals surface area (Å²) in [7, 11) is 0. The van der Waals surface area contributed by atoms with E-state index in [1.165, 1.54) is 0 Å². The molecule has 0 bridgehead atoms. The van der Waals surface area contributed by atoms with E-state index in [2.05, 4.69) is 38.5 Å². The highest BCUT2D eigenvalue weighted by Crippen LogP contribution is 2.34. The number of Topliss-reactive ketones (excluding diaryl/α,β-unsaturated/α-hetero) is 1. The van der Waals surface area contributed by atoms with E-state index in [1.807, 2.05) is 30.3 Å². The molecule has 0 unspecified atom stereocenters. The first-order valence-corrected chi connectivity index (χ1v) is 8.72. The second-order valence-corrected chi connectivity index (χ2v) is 7.41. The van der Waals surface area contributed by atoms with Crippen molar-refractivity contribution < 1.29 is 9.53 Å². The molecule has 5 heteroatoms. The van der Waals surface area contributed by atoms with Crippen LogP contribution in [0.1, 0.15) is 21.5 Å². The van der Waals surface area contributed by atoms with Crippen molar-refractivity contribution in [3.05, 3.63) is 60.1 Å². The third-order valence-electron chi connectivity index (χ3n) is 3.41. The van der Waals surface area contributed by atoms with Gasteiger partial charge in [-0.25, -0.2) is 0 Å². The Morgan fingerprint density at radius 3 is 2.95 bits per heavy atom. The van der Waals surface area contributed by atoms with Crippen LogP contribution in [0.3, 0.4) is 0 Å². The summed E-state index contributed by atoms with van der Waals surface area (Å²) in [6.07, 6.45) is 1.14. The topological polar surface area (TPSA) is 26.3 Å². The number of carbonyl (C=O) groups is 1. The highest BCUT2D eigenvalue weighted by atomic mass is 127. The lowest BCUT2D eigenvalue weighted by molar-refractivity contribution is 0.0991. The predicted octanol–water partition coefficient (Wildman–Crippen LogP) is 5.07. The van der Waals surface area contributed by atoms with Crippen molar-refractivity contribution in [2.75, 3.05) is 6.61 Å². The van der Waals surface area contributed by atoms with E-state index >= 15 is 0 Å². The number of ether oxygens (including phenoxy) is 1. The van der Waals surface area contributed by atoms with Gasteiger partial charge in [0.2, 0.25) is 0 Å². The number of fused-ring (bicyclic) bond motifs is 1. The van der Waals surface area contributed by atoms with Gasteiger partial charge in [-0.2, -0.15) is 0 Å². The van der Waals surface area contributed by atoms with Crippen molar-refractivity contribution in [2.45, 2.75) is 12.8 Å².